The standard InChI is InChI=1S/C24H39NO6/c1-17(2)19(15-20(16-26)25-23(27)31-24(3,4)5)13-18-9-10-21(29-7)22(14-18)30-12-8-11-28-6/h9-10,14,16-17,19-20H,8,11-13,15H2,1-7H3,(H,25,27). The van der Waals surface area contributed by atoms with Gasteiger partial charge >= 0.3 is 6.09 Å². The van der Waals surface area contributed by atoms with Crippen LogP contribution >= 0.6 is 0 Å². The van der Waals surface area contributed by atoms with Crippen LogP contribution in [-0.4, -0.2) is 51.5 Å². The van der Waals surface area contributed by atoms with Crippen molar-refractivity contribution >= 4 is 12.4 Å². The summed E-state index contributed by atoms with van der Waals surface area (Å²) < 4.78 is 21.6. The second-order valence-corrected chi connectivity index (χ2v) is 9.01. The van der Waals surface area contributed by atoms with E-state index in [1.165, 1.54) is 0 Å². The third kappa shape index (κ3) is 10.5. The molecule has 1 amide bonds. The van der Waals surface area contributed by atoms with Crippen LogP contribution in [0.2, 0.25) is 0 Å². The first kappa shape index (κ1) is 26.8. The fourth-order valence-electron chi connectivity index (χ4n) is 3.17. The summed E-state index contributed by atoms with van der Waals surface area (Å²) in [6, 6.07) is 5.28. The molecule has 1 aromatic carbocycles. The van der Waals surface area contributed by atoms with E-state index in [0.29, 0.717) is 37.1 Å². The highest BCUT2D eigenvalue weighted by atomic mass is 16.6. The number of nitrogens with one attached hydrogen (secondary N) is 1. The number of ether oxygens (including phenoxy) is 4. The number of amides is 1. The number of alkyl carbamates (subject to hydrolysis) is 1. The zero-order valence-corrected chi connectivity index (χ0v) is 20.0. The van der Waals surface area contributed by atoms with Crippen LogP contribution in [0, 0.1) is 11.8 Å². The molecular formula is C24H39NO6. The molecule has 1 N–H and O–H groups in total. The number of hydrogen-bond donors (Lipinski definition) is 1. The van der Waals surface area contributed by atoms with Crippen LogP contribution in [0.4, 0.5) is 4.79 Å². The number of carbonyl (C=O) groups excluding carboxylic acids is 2. The predicted octanol–water partition coefficient (Wildman–Crippen LogP) is 4.41. The fraction of sp³-hybridized carbons (Fsp3) is 0.667. The largest absolute Gasteiger partial charge is 0.493 e. The molecular weight excluding hydrogens is 398 g/mol. The summed E-state index contributed by atoms with van der Waals surface area (Å²) in [5, 5.41) is 2.68. The lowest BCUT2D eigenvalue weighted by molar-refractivity contribution is -0.110. The van der Waals surface area contributed by atoms with E-state index in [-0.39, 0.29) is 5.92 Å². The topological polar surface area (TPSA) is 83.1 Å². The minimum atomic E-state index is -0.613. The van der Waals surface area contributed by atoms with Crippen LogP contribution in [0.25, 0.3) is 0 Å². The Balaban J connectivity index is 2.84. The van der Waals surface area contributed by atoms with Crippen LogP contribution in [0.5, 0.6) is 11.5 Å². The van der Waals surface area contributed by atoms with Crippen LogP contribution in [-0.2, 0) is 20.7 Å². The summed E-state index contributed by atoms with van der Waals surface area (Å²) in [4.78, 5) is 23.7. The summed E-state index contributed by atoms with van der Waals surface area (Å²) in [6.07, 6.45) is 2.25. The molecule has 0 heterocycles. The third-order valence-electron chi connectivity index (χ3n) is 4.84. The normalized spacial score (nSPS) is 13.4. The van der Waals surface area contributed by atoms with E-state index in [1.807, 2.05) is 18.2 Å². The average Bonchev–Trinajstić information content (AvgIpc) is 2.68. The van der Waals surface area contributed by atoms with Gasteiger partial charge in [0.1, 0.15) is 11.9 Å². The molecule has 176 valence electrons. The van der Waals surface area contributed by atoms with Gasteiger partial charge in [-0.1, -0.05) is 19.9 Å². The molecule has 2 unspecified atom stereocenters. The molecule has 0 aliphatic heterocycles. The summed E-state index contributed by atoms with van der Waals surface area (Å²) in [5.74, 6) is 1.87. The van der Waals surface area contributed by atoms with Gasteiger partial charge in [-0.05, 0) is 63.1 Å². The Morgan fingerprint density at radius 2 is 1.84 bits per heavy atom. The first-order valence-electron chi connectivity index (χ1n) is 10.8. The van der Waals surface area contributed by atoms with E-state index in [1.54, 1.807) is 35.0 Å². The lowest BCUT2D eigenvalue weighted by Gasteiger charge is -2.26. The van der Waals surface area contributed by atoms with Crippen molar-refractivity contribution in [2.45, 2.75) is 65.5 Å². The lowest BCUT2D eigenvalue weighted by Crippen LogP contribution is -2.41. The molecule has 7 nitrogen and oxygen atoms in total. The van der Waals surface area contributed by atoms with Gasteiger partial charge in [-0.3, -0.25) is 0 Å². The van der Waals surface area contributed by atoms with Crippen LogP contribution in [0.15, 0.2) is 18.2 Å². The summed E-state index contributed by atoms with van der Waals surface area (Å²) in [7, 11) is 3.28. The van der Waals surface area contributed by atoms with Gasteiger partial charge in [0.25, 0.3) is 0 Å². The van der Waals surface area contributed by atoms with Gasteiger partial charge in [0.2, 0.25) is 0 Å². The van der Waals surface area contributed by atoms with E-state index in [2.05, 4.69) is 19.2 Å². The van der Waals surface area contributed by atoms with Crippen LogP contribution < -0.4 is 14.8 Å². The number of aldehydes is 1. The van der Waals surface area contributed by atoms with Gasteiger partial charge in [0.15, 0.2) is 11.5 Å². The van der Waals surface area contributed by atoms with Crippen LogP contribution in [0.1, 0.15) is 53.0 Å². The molecule has 0 bridgehead atoms. The van der Waals surface area contributed by atoms with Crippen molar-refractivity contribution in [2.75, 3.05) is 27.4 Å². The molecule has 0 spiro atoms. The molecule has 7 heteroatoms. The maximum Gasteiger partial charge on any atom is 0.408 e. The fourth-order valence-corrected chi connectivity index (χ4v) is 3.17. The van der Waals surface area contributed by atoms with Gasteiger partial charge in [-0.25, -0.2) is 4.79 Å². The molecule has 2 atom stereocenters. The third-order valence-corrected chi connectivity index (χ3v) is 4.84. The zero-order valence-electron chi connectivity index (χ0n) is 20.0. The zero-order chi connectivity index (χ0) is 23.4. The van der Waals surface area contributed by atoms with E-state index in [0.717, 1.165) is 24.7 Å². The Kier molecular flexibility index (Phi) is 11.4. The molecule has 0 saturated heterocycles. The van der Waals surface area contributed by atoms with E-state index in [4.69, 9.17) is 18.9 Å². The van der Waals surface area contributed by atoms with E-state index in [9.17, 15) is 9.59 Å². The molecule has 0 saturated carbocycles. The molecule has 1 rings (SSSR count). The van der Waals surface area contributed by atoms with Crippen molar-refractivity contribution in [1.29, 1.82) is 0 Å². The Morgan fingerprint density at radius 1 is 1.13 bits per heavy atom. The molecule has 0 aliphatic carbocycles. The Morgan fingerprint density at radius 3 is 2.39 bits per heavy atom. The van der Waals surface area contributed by atoms with Crippen molar-refractivity contribution < 1.29 is 28.5 Å². The highest BCUT2D eigenvalue weighted by Gasteiger charge is 2.24. The molecule has 1 aromatic rings. The highest BCUT2D eigenvalue weighted by Crippen LogP contribution is 2.31. The summed E-state index contributed by atoms with van der Waals surface area (Å²) >= 11 is 0. The van der Waals surface area contributed by atoms with Gasteiger partial charge in [0, 0.05) is 20.1 Å². The van der Waals surface area contributed by atoms with Gasteiger partial charge in [-0.15, -0.1) is 0 Å². The quantitative estimate of drug-likeness (QED) is 0.364. The maximum atomic E-state index is 12.1. The van der Waals surface area contributed by atoms with Gasteiger partial charge in [-0.2, -0.15) is 0 Å². The number of carbonyl (C=O) groups is 2. The maximum absolute atomic E-state index is 12.1. The number of benzene rings is 1. The van der Waals surface area contributed by atoms with E-state index < -0.39 is 17.7 Å². The van der Waals surface area contributed by atoms with E-state index >= 15 is 0 Å². The second kappa shape index (κ2) is 13.2. The number of methoxy groups -OCH3 is 2. The minimum Gasteiger partial charge on any atom is -0.493 e. The summed E-state index contributed by atoms with van der Waals surface area (Å²) in [5.41, 5.74) is 0.473. The Hall–Kier alpha value is -2.28. The number of hydrogen-bond acceptors (Lipinski definition) is 6. The summed E-state index contributed by atoms with van der Waals surface area (Å²) in [6.45, 7) is 10.8. The van der Waals surface area contributed by atoms with Gasteiger partial charge in [0.05, 0.1) is 19.8 Å². The first-order chi connectivity index (χ1) is 14.6. The molecule has 0 radical (unpaired) electrons. The Bertz CT molecular complexity index is 683. The molecule has 0 fully saturated rings. The van der Waals surface area contributed by atoms with Crippen molar-refractivity contribution in [3.05, 3.63) is 23.8 Å². The highest BCUT2D eigenvalue weighted by molar-refractivity contribution is 5.73. The van der Waals surface area contributed by atoms with Crippen molar-refractivity contribution in [2.24, 2.45) is 11.8 Å². The smallest absolute Gasteiger partial charge is 0.408 e. The molecule has 0 aliphatic rings. The molecule has 0 aromatic heterocycles. The average molecular weight is 438 g/mol. The molecule has 31 heavy (non-hydrogen) atoms. The second-order valence-electron chi connectivity index (χ2n) is 9.01. The Labute approximate surface area is 186 Å². The van der Waals surface area contributed by atoms with Crippen LogP contribution in [0.3, 0.4) is 0 Å². The lowest BCUT2D eigenvalue weighted by atomic mass is 9.84. The minimum absolute atomic E-state index is 0.180. The predicted molar refractivity (Wildman–Crippen MR) is 121 cm³/mol. The van der Waals surface area contributed by atoms with Crippen molar-refractivity contribution in [3.63, 3.8) is 0 Å². The SMILES string of the molecule is COCCCOc1cc(CC(CC(C=O)NC(=O)OC(C)(C)C)C(C)C)ccc1OC. The van der Waals surface area contributed by atoms with Crippen molar-refractivity contribution in [1.82, 2.24) is 5.32 Å². The first-order valence-corrected chi connectivity index (χ1v) is 10.8. The monoisotopic (exact) mass is 437 g/mol. The number of rotatable bonds is 13. The van der Waals surface area contributed by atoms with Gasteiger partial charge < -0.3 is 29.1 Å². The van der Waals surface area contributed by atoms with Crippen molar-refractivity contribution in [3.8, 4) is 11.5 Å².